The number of carbonyl (C=O) groups is 1. The first-order chi connectivity index (χ1) is 11.5. The highest BCUT2D eigenvalue weighted by Gasteiger charge is 2.35. The van der Waals surface area contributed by atoms with Crippen molar-refractivity contribution >= 4 is 5.97 Å². The monoisotopic (exact) mass is 328 g/mol. The van der Waals surface area contributed by atoms with Crippen LogP contribution in [0.25, 0.3) is 11.5 Å². The molecule has 0 saturated carbocycles. The Hall–Kier alpha value is -2.14. The molecule has 5 heteroatoms. The van der Waals surface area contributed by atoms with Crippen molar-refractivity contribution in [2.75, 3.05) is 0 Å². The Morgan fingerprint density at radius 3 is 2.46 bits per heavy atom. The Morgan fingerprint density at radius 1 is 1.25 bits per heavy atom. The maximum Gasteiger partial charge on any atom is 0.306 e. The minimum absolute atomic E-state index is 0.214. The van der Waals surface area contributed by atoms with Crippen LogP contribution in [0.1, 0.15) is 38.1 Å². The summed E-state index contributed by atoms with van der Waals surface area (Å²) in [5, 5.41) is 9.28. The van der Waals surface area contributed by atoms with Gasteiger partial charge in [-0.25, -0.2) is 4.98 Å². The smallest absolute Gasteiger partial charge is 0.306 e. The molecule has 0 amide bonds. The Bertz CT molecular complexity index is 699. The average molecular weight is 328 g/mol. The maximum atomic E-state index is 11.3. The summed E-state index contributed by atoms with van der Waals surface area (Å²) in [7, 11) is 0. The van der Waals surface area contributed by atoms with Gasteiger partial charge in [-0.05, 0) is 45.7 Å². The average Bonchev–Trinajstić information content (AvgIpc) is 2.92. The third-order valence-electron chi connectivity index (χ3n) is 4.98. The molecule has 1 N–H and O–H groups in total. The summed E-state index contributed by atoms with van der Waals surface area (Å²) in [5.41, 5.74) is 1.90. The summed E-state index contributed by atoms with van der Waals surface area (Å²) in [4.78, 5) is 18.3. The van der Waals surface area contributed by atoms with E-state index in [4.69, 9.17) is 4.42 Å². The molecule has 2 aromatic rings. The van der Waals surface area contributed by atoms with Crippen molar-refractivity contribution in [2.45, 2.75) is 52.2 Å². The molecule has 0 radical (unpaired) electrons. The Kier molecular flexibility index (Phi) is 4.71. The standard InChI is InChI=1S/C19H24N2O3/c1-12-9-16(19(22)23)10-13(2)21(12)11-17-14(3)24-18(20-17)15-7-5-4-6-8-15/h4-8,12-13,16H,9-11H2,1-3H3,(H,22,23). The quantitative estimate of drug-likeness (QED) is 0.926. The second kappa shape index (κ2) is 6.77. The largest absolute Gasteiger partial charge is 0.481 e. The molecule has 3 rings (SSSR count). The van der Waals surface area contributed by atoms with E-state index in [1.807, 2.05) is 37.3 Å². The molecular weight excluding hydrogens is 304 g/mol. The molecule has 1 aromatic carbocycles. The summed E-state index contributed by atoms with van der Waals surface area (Å²) in [6, 6.07) is 10.3. The molecular formula is C19H24N2O3. The number of hydrogen-bond donors (Lipinski definition) is 1. The number of nitrogens with zero attached hydrogens (tertiary/aromatic N) is 2. The first-order valence-corrected chi connectivity index (χ1v) is 8.46. The lowest BCUT2D eigenvalue weighted by molar-refractivity contribution is -0.145. The van der Waals surface area contributed by atoms with Crippen LogP contribution in [0, 0.1) is 12.8 Å². The van der Waals surface area contributed by atoms with Gasteiger partial charge in [-0.1, -0.05) is 18.2 Å². The molecule has 0 aliphatic carbocycles. The van der Waals surface area contributed by atoms with E-state index in [9.17, 15) is 9.90 Å². The maximum absolute atomic E-state index is 11.3. The molecule has 1 fully saturated rings. The van der Waals surface area contributed by atoms with Gasteiger partial charge in [-0.2, -0.15) is 0 Å². The fourth-order valence-corrected chi connectivity index (χ4v) is 3.59. The van der Waals surface area contributed by atoms with Gasteiger partial charge in [0.15, 0.2) is 0 Å². The molecule has 2 heterocycles. The molecule has 2 unspecified atom stereocenters. The van der Waals surface area contributed by atoms with Crippen molar-refractivity contribution in [3.05, 3.63) is 41.8 Å². The highest BCUT2D eigenvalue weighted by atomic mass is 16.4. The van der Waals surface area contributed by atoms with E-state index >= 15 is 0 Å². The second-order valence-corrected chi connectivity index (χ2v) is 6.76. The number of aliphatic carboxylic acids is 1. The summed E-state index contributed by atoms with van der Waals surface area (Å²) in [6.07, 6.45) is 1.37. The predicted molar refractivity (Wildman–Crippen MR) is 91.5 cm³/mol. The van der Waals surface area contributed by atoms with Gasteiger partial charge in [0.25, 0.3) is 0 Å². The Balaban J connectivity index is 1.77. The van der Waals surface area contributed by atoms with Gasteiger partial charge >= 0.3 is 5.97 Å². The second-order valence-electron chi connectivity index (χ2n) is 6.76. The molecule has 1 aliphatic heterocycles. The molecule has 24 heavy (non-hydrogen) atoms. The van der Waals surface area contributed by atoms with E-state index in [0.717, 1.165) is 17.0 Å². The zero-order valence-corrected chi connectivity index (χ0v) is 14.4. The first-order valence-electron chi connectivity index (χ1n) is 8.46. The fourth-order valence-electron chi connectivity index (χ4n) is 3.59. The highest BCUT2D eigenvalue weighted by molar-refractivity contribution is 5.70. The molecule has 1 saturated heterocycles. The van der Waals surface area contributed by atoms with Gasteiger partial charge in [0.1, 0.15) is 5.76 Å². The summed E-state index contributed by atoms with van der Waals surface area (Å²) in [5.74, 6) is 0.541. The van der Waals surface area contributed by atoms with Crippen LogP contribution >= 0.6 is 0 Å². The third-order valence-corrected chi connectivity index (χ3v) is 4.98. The lowest BCUT2D eigenvalue weighted by atomic mass is 9.87. The minimum atomic E-state index is -0.683. The van der Waals surface area contributed by atoms with Gasteiger partial charge in [-0.3, -0.25) is 9.69 Å². The van der Waals surface area contributed by atoms with E-state index in [1.165, 1.54) is 0 Å². The van der Waals surface area contributed by atoms with Crippen molar-refractivity contribution in [3.63, 3.8) is 0 Å². The molecule has 2 atom stereocenters. The number of hydrogen-bond acceptors (Lipinski definition) is 4. The lowest BCUT2D eigenvalue weighted by Crippen LogP contribution is -2.47. The van der Waals surface area contributed by atoms with Crippen LogP contribution < -0.4 is 0 Å². The van der Waals surface area contributed by atoms with E-state index in [2.05, 4.69) is 23.7 Å². The lowest BCUT2D eigenvalue weighted by Gasteiger charge is -2.41. The van der Waals surface area contributed by atoms with E-state index < -0.39 is 5.97 Å². The third kappa shape index (κ3) is 3.36. The normalized spacial score (nSPS) is 24.9. The van der Waals surface area contributed by atoms with Gasteiger partial charge < -0.3 is 9.52 Å². The Labute approximate surface area is 142 Å². The number of carboxylic acids is 1. The van der Waals surface area contributed by atoms with Crippen LogP contribution in [0.3, 0.4) is 0 Å². The number of carboxylic acid groups (broad SMARTS) is 1. The highest BCUT2D eigenvalue weighted by Crippen LogP contribution is 2.30. The molecule has 0 bridgehead atoms. The van der Waals surface area contributed by atoms with E-state index in [0.29, 0.717) is 25.3 Å². The van der Waals surface area contributed by atoms with Crippen LogP contribution in [0.4, 0.5) is 0 Å². The van der Waals surface area contributed by atoms with Crippen molar-refractivity contribution in [1.29, 1.82) is 0 Å². The van der Waals surface area contributed by atoms with Crippen molar-refractivity contribution < 1.29 is 14.3 Å². The SMILES string of the molecule is Cc1oc(-c2ccccc2)nc1CN1C(C)CC(C(=O)O)CC1C. The number of aromatic nitrogens is 1. The molecule has 128 valence electrons. The van der Waals surface area contributed by atoms with Gasteiger partial charge in [0.05, 0.1) is 11.6 Å². The number of likely N-dealkylation sites (tertiary alicyclic amines) is 1. The number of benzene rings is 1. The van der Waals surface area contributed by atoms with Gasteiger partial charge in [-0.15, -0.1) is 0 Å². The van der Waals surface area contributed by atoms with Crippen molar-refractivity contribution in [2.24, 2.45) is 5.92 Å². The van der Waals surface area contributed by atoms with Crippen LogP contribution in [-0.2, 0) is 11.3 Å². The zero-order valence-electron chi connectivity index (χ0n) is 14.4. The van der Waals surface area contributed by atoms with Crippen LogP contribution in [0.5, 0.6) is 0 Å². The number of piperidine rings is 1. The molecule has 5 nitrogen and oxygen atoms in total. The molecule has 1 aromatic heterocycles. The topological polar surface area (TPSA) is 66.6 Å². The zero-order chi connectivity index (χ0) is 17.3. The van der Waals surface area contributed by atoms with Gasteiger partial charge in [0, 0.05) is 24.2 Å². The van der Waals surface area contributed by atoms with Crippen molar-refractivity contribution in [1.82, 2.24) is 9.88 Å². The number of oxazole rings is 1. The van der Waals surface area contributed by atoms with Crippen LogP contribution in [0.15, 0.2) is 34.7 Å². The molecule has 1 aliphatic rings. The predicted octanol–water partition coefficient (Wildman–Crippen LogP) is 3.72. The fraction of sp³-hybridized carbons (Fsp3) is 0.474. The summed E-state index contributed by atoms with van der Waals surface area (Å²) >= 11 is 0. The van der Waals surface area contributed by atoms with Crippen LogP contribution in [-0.4, -0.2) is 33.0 Å². The minimum Gasteiger partial charge on any atom is -0.481 e. The van der Waals surface area contributed by atoms with Crippen LogP contribution in [0.2, 0.25) is 0 Å². The summed E-state index contributed by atoms with van der Waals surface area (Å²) in [6.45, 7) is 6.82. The Morgan fingerprint density at radius 2 is 1.88 bits per heavy atom. The molecule has 0 spiro atoms. The van der Waals surface area contributed by atoms with E-state index in [1.54, 1.807) is 0 Å². The number of rotatable bonds is 4. The number of aryl methyl sites for hydroxylation is 1. The first kappa shape index (κ1) is 16.7. The van der Waals surface area contributed by atoms with Gasteiger partial charge in [0.2, 0.25) is 5.89 Å². The van der Waals surface area contributed by atoms with E-state index in [-0.39, 0.29) is 18.0 Å². The van der Waals surface area contributed by atoms with Crippen molar-refractivity contribution in [3.8, 4) is 11.5 Å². The summed E-state index contributed by atoms with van der Waals surface area (Å²) < 4.78 is 5.84.